The van der Waals surface area contributed by atoms with Crippen molar-refractivity contribution in [2.45, 2.75) is 27.2 Å². The van der Waals surface area contributed by atoms with Crippen LogP contribution in [0.4, 0.5) is 23.1 Å². The van der Waals surface area contributed by atoms with Crippen LogP contribution in [0.2, 0.25) is 0 Å². The largest absolute Gasteiger partial charge is 0.492 e. The average molecular weight is 348 g/mol. The van der Waals surface area contributed by atoms with Crippen LogP contribution in [0.3, 0.4) is 0 Å². The topological polar surface area (TPSA) is 59.1 Å². The second kappa shape index (κ2) is 8.34. The van der Waals surface area contributed by atoms with Gasteiger partial charge in [-0.2, -0.15) is 4.98 Å². The summed E-state index contributed by atoms with van der Waals surface area (Å²) in [5, 5.41) is 6.67. The molecule has 3 aromatic rings. The number of benzene rings is 2. The summed E-state index contributed by atoms with van der Waals surface area (Å²) in [6.07, 6.45) is 2.70. The first-order valence-electron chi connectivity index (χ1n) is 8.88. The summed E-state index contributed by atoms with van der Waals surface area (Å²) in [6, 6.07) is 15.9. The summed E-state index contributed by atoms with van der Waals surface area (Å²) in [6.45, 7) is 6.82. The minimum absolute atomic E-state index is 0.522. The van der Waals surface area contributed by atoms with E-state index in [1.807, 2.05) is 37.3 Å². The van der Waals surface area contributed by atoms with E-state index in [0.717, 1.165) is 29.4 Å². The van der Waals surface area contributed by atoms with Crippen molar-refractivity contribution in [3.05, 3.63) is 65.9 Å². The van der Waals surface area contributed by atoms with Gasteiger partial charge < -0.3 is 15.4 Å². The molecule has 0 radical (unpaired) electrons. The number of hydrogen-bond donors (Lipinski definition) is 2. The van der Waals surface area contributed by atoms with Crippen LogP contribution < -0.4 is 15.4 Å². The monoisotopic (exact) mass is 348 g/mol. The molecule has 0 aliphatic carbocycles. The van der Waals surface area contributed by atoms with E-state index in [4.69, 9.17) is 4.74 Å². The van der Waals surface area contributed by atoms with Crippen LogP contribution in [0.1, 0.15) is 25.0 Å². The molecule has 0 unspecified atom stereocenters. The molecule has 3 rings (SSSR count). The zero-order valence-electron chi connectivity index (χ0n) is 15.4. The van der Waals surface area contributed by atoms with Crippen molar-refractivity contribution in [2.75, 3.05) is 17.2 Å². The SMILES string of the molecule is CCOc1ccccc1Nc1nccc(Nc2c(C)cccc2CC)n1. The van der Waals surface area contributed by atoms with Gasteiger partial charge in [-0.25, -0.2) is 4.98 Å². The van der Waals surface area contributed by atoms with Crippen molar-refractivity contribution >= 4 is 23.1 Å². The number of ether oxygens (including phenoxy) is 1. The van der Waals surface area contributed by atoms with Gasteiger partial charge in [-0.05, 0) is 49.6 Å². The van der Waals surface area contributed by atoms with Crippen LogP contribution in [-0.2, 0) is 6.42 Å². The van der Waals surface area contributed by atoms with Crippen molar-refractivity contribution < 1.29 is 4.74 Å². The third-order valence-corrected chi connectivity index (χ3v) is 4.08. The third kappa shape index (κ3) is 4.11. The number of para-hydroxylation sites is 3. The van der Waals surface area contributed by atoms with Gasteiger partial charge in [0.1, 0.15) is 11.6 Å². The normalized spacial score (nSPS) is 10.4. The van der Waals surface area contributed by atoms with Crippen LogP contribution >= 0.6 is 0 Å². The zero-order valence-corrected chi connectivity index (χ0v) is 15.4. The van der Waals surface area contributed by atoms with Crippen molar-refractivity contribution in [2.24, 2.45) is 0 Å². The van der Waals surface area contributed by atoms with Crippen LogP contribution in [0.15, 0.2) is 54.7 Å². The van der Waals surface area contributed by atoms with Gasteiger partial charge in [0.05, 0.1) is 12.3 Å². The van der Waals surface area contributed by atoms with Crippen LogP contribution in [0.5, 0.6) is 5.75 Å². The van der Waals surface area contributed by atoms with E-state index in [2.05, 4.69) is 52.6 Å². The molecule has 0 bridgehead atoms. The van der Waals surface area contributed by atoms with Crippen molar-refractivity contribution in [3.63, 3.8) is 0 Å². The van der Waals surface area contributed by atoms with Crippen molar-refractivity contribution in [1.82, 2.24) is 9.97 Å². The van der Waals surface area contributed by atoms with Crippen LogP contribution in [-0.4, -0.2) is 16.6 Å². The molecular formula is C21H24N4O. The zero-order chi connectivity index (χ0) is 18.4. The molecule has 0 aliphatic heterocycles. The molecule has 0 aliphatic rings. The van der Waals surface area contributed by atoms with E-state index < -0.39 is 0 Å². The first-order valence-corrected chi connectivity index (χ1v) is 8.88. The fourth-order valence-corrected chi connectivity index (χ4v) is 2.79. The van der Waals surface area contributed by atoms with E-state index in [1.54, 1.807) is 6.20 Å². The lowest BCUT2D eigenvalue weighted by molar-refractivity contribution is 0.342. The molecule has 5 heteroatoms. The van der Waals surface area contributed by atoms with Crippen LogP contribution in [0.25, 0.3) is 0 Å². The minimum atomic E-state index is 0.522. The van der Waals surface area contributed by atoms with Gasteiger partial charge in [-0.3, -0.25) is 0 Å². The lowest BCUT2D eigenvalue weighted by atomic mass is 10.1. The third-order valence-electron chi connectivity index (χ3n) is 4.08. The molecule has 2 N–H and O–H groups in total. The number of aromatic nitrogens is 2. The Balaban J connectivity index is 1.84. The first kappa shape index (κ1) is 17.7. The van der Waals surface area contributed by atoms with Gasteiger partial charge in [0.15, 0.2) is 0 Å². The Morgan fingerprint density at radius 1 is 0.962 bits per heavy atom. The number of anilines is 4. The van der Waals surface area contributed by atoms with Gasteiger partial charge in [0, 0.05) is 11.9 Å². The highest BCUT2D eigenvalue weighted by Gasteiger charge is 2.08. The lowest BCUT2D eigenvalue weighted by Crippen LogP contribution is -2.04. The van der Waals surface area contributed by atoms with Gasteiger partial charge in [-0.1, -0.05) is 37.3 Å². The first-order chi connectivity index (χ1) is 12.7. The highest BCUT2D eigenvalue weighted by Crippen LogP contribution is 2.28. The highest BCUT2D eigenvalue weighted by atomic mass is 16.5. The molecule has 0 saturated carbocycles. The fourth-order valence-electron chi connectivity index (χ4n) is 2.79. The molecule has 0 amide bonds. The number of nitrogens with one attached hydrogen (secondary N) is 2. The second-order valence-electron chi connectivity index (χ2n) is 5.91. The maximum atomic E-state index is 5.65. The van der Waals surface area contributed by atoms with Crippen LogP contribution in [0, 0.1) is 6.92 Å². The van der Waals surface area contributed by atoms with Gasteiger partial charge >= 0.3 is 0 Å². The summed E-state index contributed by atoms with van der Waals surface area (Å²) in [5.41, 5.74) is 4.41. The summed E-state index contributed by atoms with van der Waals surface area (Å²) in [5.74, 6) is 2.05. The number of rotatable bonds is 7. The average Bonchev–Trinajstić information content (AvgIpc) is 2.65. The van der Waals surface area contributed by atoms with Gasteiger partial charge in [0.25, 0.3) is 0 Å². The molecule has 0 fully saturated rings. The predicted molar refractivity (Wildman–Crippen MR) is 107 cm³/mol. The van der Waals surface area contributed by atoms with Gasteiger partial charge in [0.2, 0.25) is 5.95 Å². The minimum Gasteiger partial charge on any atom is -0.492 e. The molecule has 26 heavy (non-hydrogen) atoms. The van der Waals surface area contributed by atoms with E-state index in [9.17, 15) is 0 Å². The lowest BCUT2D eigenvalue weighted by Gasteiger charge is -2.15. The Morgan fingerprint density at radius 3 is 2.62 bits per heavy atom. The molecule has 2 aromatic carbocycles. The van der Waals surface area contributed by atoms with Crippen molar-refractivity contribution in [1.29, 1.82) is 0 Å². The van der Waals surface area contributed by atoms with E-state index >= 15 is 0 Å². The summed E-state index contributed by atoms with van der Waals surface area (Å²) >= 11 is 0. The smallest absolute Gasteiger partial charge is 0.229 e. The second-order valence-corrected chi connectivity index (χ2v) is 5.91. The maximum Gasteiger partial charge on any atom is 0.229 e. The van der Waals surface area contributed by atoms with E-state index in [-0.39, 0.29) is 0 Å². The Morgan fingerprint density at radius 2 is 1.81 bits per heavy atom. The number of nitrogens with zero attached hydrogens (tertiary/aromatic N) is 2. The molecule has 0 spiro atoms. The molecule has 1 aromatic heterocycles. The summed E-state index contributed by atoms with van der Waals surface area (Å²) in [4.78, 5) is 8.92. The number of hydrogen-bond acceptors (Lipinski definition) is 5. The molecule has 1 heterocycles. The van der Waals surface area contributed by atoms with E-state index in [0.29, 0.717) is 12.6 Å². The van der Waals surface area contributed by atoms with Crippen molar-refractivity contribution in [3.8, 4) is 5.75 Å². The number of aryl methyl sites for hydroxylation is 2. The standard InChI is InChI=1S/C21H24N4O/c1-4-16-10-8-9-15(3)20(16)24-19-13-14-22-21(25-19)23-17-11-6-7-12-18(17)26-5-2/h6-14H,4-5H2,1-3H3,(H2,22,23,24,25). The Hall–Kier alpha value is -3.08. The fraction of sp³-hybridized carbons (Fsp3) is 0.238. The molecule has 5 nitrogen and oxygen atoms in total. The maximum absolute atomic E-state index is 5.65. The molecular weight excluding hydrogens is 324 g/mol. The summed E-state index contributed by atoms with van der Waals surface area (Å²) < 4.78 is 5.65. The Labute approximate surface area is 154 Å². The molecule has 134 valence electrons. The Bertz CT molecular complexity index is 879. The quantitative estimate of drug-likeness (QED) is 0.612. The predicted octanol–water partition coefficient (Wildman–Crippen LogP) is 5.23. The molecule has 0 saturated heterocycles. The Kier molecular flexibility index (Phi) is 5.69. The summed E-state index contributed by atoms with van der Waals surface area (Å²) in [7, 11) is 0. The van der Waals surface area contributed by atoms with E-state index in [1.165, 1.54) is 11.1 Å². The highest BCUT2D eigenvalue weighted by molar-refractivity contribution is 5.67. The molecule has 0 atom stereocenters. The van der Waals surface area contributed by atoms with Gasteiger partial charge in [-0.15, -0.1) is 0 Å².